The molecule has 7 nitrogen and oxygen atoms in total. The Kier molecular flexibility index (Phi) is 6.14. The van der Waals surface area contributed by atoms with Crippen LogP contribution in [0.25, 0.3) is 0 Å². The highest BCUT2D eigenvalue weighted by Gasteiger charge is 2.28. The Morgan fingerprint density at radius 3 is 2.04 bits per heavy atom. The zero-order valence-electron chi connectivity index (χ0n) is 16.0. The topological polar surface area (TPSA) is 101 Å². The van der Waals surface area contributed by atoms with E-state index >= 15 is 0 Å². The number of hydrogen-bond donors (Lipinski definition) is 1. The van der Waals surface area contributed by atoms with Gasteiger partial charge in [0.1, 0.15) is 5.75 Å². The van der Waals surface area contributed by atoms with Crippen LogP contribution in [0.2, 0.25) is 0 Å². The van der Waals surface area contributed by atoms with E-state index in [-0.39, 0.29) is 5.75 Å². The van der Waals surface area contributed by atoms with Crippen LogP contribution in [0.3, 0.4) is 0 Å². The number of carboxylic acid groups (broad SMARTS) is 1. The fourth-order valence-corrected chi connectivity index (χ4v) is 2.79. The first-order valence-corrected chi connectivity index (χ1v) is 9.20. The van der Waals surface area contributed by atoms with Crippen molar-refractivity contribution in [2.45, 2.75) is 33.1 Å². The molecular weight excluding hydrogens is 382 g/mol. The van der Waals surface area contributed by atoms with E-state index in [2.05, 4.69) is 0 Å². The Morgan fingerprint density at radius 2 is 1.54 bits per heavy atom. The van der Waals surface area contributed by atoms with Crippen molar-refractivity contribution in [1.82, 2.24) is 4.31 Å². The third-order valence-corrected chi connectivity index (χ3v) is 4.98. The molecule has 1 heterocycles. The van der Waals surface area contributed by atoms with Gasteiger partial charge in [0.25, 0.3) is 11.8 Å². The van der Waals surface area contributed by atoms with Crippen molar-refractivity contribution in [3.63, 3.8) is 0 Å². The van der Waals surface area contributed by atoms with Crippen LogP contribution in [0.5, 0.6) is 5.75 Å². The molecule has 2 amide bonds. The molecule has 1 aliphatic heterocycles. The third-order valence-electron chi connectivity index (χ3n) is 4.20. The summed E-state index contributed by atoms with van der Waals surface area (Å²) in [5.41, 5.74) is -0.528. The normalized spacial score (nSPS) is 14.8. The number of carbonyl (C=O) groups excluding carboxylic acids is 3. The Hall–Kier alpha value is -2.87. The second-order valence-electron chi connectivity index (χ2n) is 7.35. The molecule has 0 aliphatic carbocycles. The van der Waals surface area contributed by atoms with E-state index in [4.69, 9.17) is 4.74 Å². The maximum Gasteiger partial charge on any atom is 0.394 e. The summed E-state index contributed by atoms with van der Waals surface area (Å²) in [6.07, 6.45) is 5.64. The third kappa shape index (κ3) is 5.10. The van der Waals surface area contributed by atoms with Gasteiger partial charge in [0.15, 0.2) is 0 Å². The highest BCUT2D eigenvalue weighted by atomic mass is 32.2. The van der Waals surface area contributed by atoms with Crippen LogP contribution in [-0.2, 0) is 19.8 Å². The maximum absolute atomic E-state index is 11.9. The van der Waals surface area contributed by atoms with Gasteiger partial charge in [0.05, 0.1) is 17.4 Å². The number of allylic oxidation sites excluding steroid dienone is 1. The summed E-state index contributed by atoms with van der Waals surface area (Å²) in [7, 11) is 0. The first kappa shape index (κ1) is 21.4. The lowest BCUT2D eigenvalue weighted by Crippen LogP contribution is -2.25. The number of rotatable bonds is 6. The summed E-state index contributed by atoms with van der Waals surface area (Å²) in [6.45, 7) is 7.12. The van der Waals surface area contributed by atoms with Crippen LogP contribution >= 0.6 is 11.9 Å². The van der Waals surface area contributed by atoms with Crippen LogP contribution < -0.4 is 4.74 Å². The lowest BCUT2D eigenvalue weighted by Gasteiger charge is -2.23. The Balaban J connectivity index is 2.03. The standard InChI is InChI=1S/C20H21NO6S/c1-19(2,11-12-20(3,4)17(24)25)13-5-7-14(8-6-13)27-18(26)28-21-15(22)9-10-16(21)23/h5-12H,1-4H3,(H,24,25)/b12-11+. The summed E-state index contributed by atoms with van der Waals surface area (Å²) >= 11 is 0.385. The monoisotopic (exact) mass is 403 g/mol. The highest BCUT2D eigenvalue weighted by molar-refractivity contribution is 8.12. The molecule has 0 unspecified atom stereocenters. The summed E-state index contributed by atoms with van der Waals surface area (Å²) in [5, 5.41) is 8.41. The van der Waals surface area contributed by atoms with E-state index in [1.54, 1.807) is 44.2 Å². The zero-order chi connectivity index (χ0) is 21.1. The molecule has 28 heavy (non-hydrogen) atoms. The van der Waals surface area contributed by atoms with E-state index in [1.165, 1.54) is 0 Å². The Labute approximate surface area is 167 Å². The van der Waals surface area contributed by atoms with Gasteiger partial charge in [-0.2, -0.15) is 0 Å². The number of benzene rings is 1. The van der Waals surface area contributed by atoms with Crippen LogP contribution in [0.1, 0.15) is 33.3 Å². The van der Waals surface area contributed by atoms with Crippen molar-refractivity contribution in [1.29, 1.82) is 0 Å². The molecule has 0 spiro atoms. The molecule has 0 aromatic heterocycles. The molecule has 1 aromatic carbocycles. The summed E-state index contributed by atoms with van der Waals surface area (Å²) in [5.74, 6) is -1.82. The van der Waals surface area contributed by atoms with Gasteiger partial charge >= 0.3 is 11.3 Å². The largest absolute Gasteiger partial charge is 0.481 e. The van der Waals surface area contributed by atoms with Crippen molar-refractivity contribution in [3.8, 4) is 5.75 Å². The number of ether oxygens (including phenoxy) is 1. The summed E-state index contributed by atoms with van der Waals surface area (Å²) < 4.78 is 5.86. The minimum Gasteiger partial charge on any atom is -0.481 e. The van der Waals surface area contributed by atoms with Gasteiger partial charge in [-0.1, -0.05) is 38.1 Å². The lowest BCUT2D eigenvalue weighted by atomic mass is 9.81. The predicted molar refractivity (Wildman–Crippen MR) is 105 cm³/mol. The molecule has 0 saturated heterocycles. The molecule has 1 N–H and O–H groups in total. The number of hydrogen-bond acceptors (Lipinski definition) is 6. The van der Waals surface area contributed by atoms with Crippen molar-refractivity contribution in [3.05, 3.63) is 54.1 Å². The molecule has 0 bridgehead atoms. The van der Waals surface area contributed by atoms with Crippen molar-refractivity contribution < 1.29 is 29.0 Å². The molecule has 0 fully saturated rings. The summed E-state index contributed by atoms with van der Waals surface area (Å²) in [4.78, 5) is 46.0. The van der Waals surface area contributed by atoms with Gasteiger partial charge in [-0.25, -0.2) is 9.10 Å². The minimum atomic E-state index is -0.983. The smallest absolute Gasteiger partial charge is 0.394 e. The molecule has 8 heteroatoms. The minimum absolute atomic E-state index is 0.263. The van der Waals surface area contributed by atoms with Gasteiger partial charge in [-0.3, -0.25) is 14.4 Å². The molecule has 0 radical (unpaired) electrons. The molecule has 2 rings (SSSR count). The van der Waals surface area contributed by atoms with Gasteiger partial charge in [-0.05, 0) is 31.5 Å². The van der Waals surface area contributed by atoms with Crippen LogP contribution in [-0.4, -0.2) is 32.5 Å². The average molecular weight is 403 g/mol. The second kappa shape index (κ2) is 8.02. The zero-order valence-corrected chi connectivity index (χ0v) is 16.8. The molecule has 1 aliphatic rings. The van der Waals surface area contributed by atoms with E-state index in [1.807, 2.05) is 19.9 Å². The second-order valence-corrected chi connectivity index (χ2v) is 8.23. The van der Waals surface area contributed by atoms with Crippen LogP contribution in [0.15, 0.2) is 48.6 Å². The maximum atomic E-state index is 11.9. The van der Waals surface area contributed by atoms with E-state index in [0.29, 0.717) is 11.9 Å². The summed E-state index contributed by atoms with van der Waals surface area (Å²) in [6, 6.07) is 6.72. The number of carboxylic acids is 1. The molecule has 0 atom stereocenters. The van der Waals surface area contributed by atoms with Crippen molar-refractivity contribution >= 4 is 35.0 Å². The van der Waals surface area contributed by atoms with E-state index < -0.39 is 33.9 Å². The average Bonchev–Trinajstić information content (AvgIpc) is 2.92. The van der Waals surface area contributed by atoms with E-state index in [9.17, 15) is 24.3 Å². The number of amides is 2. The quantitative estimate of drug-likeness (QED) is 0.334. The molecule has 1 aromatic rings. The Morgan fingerprint density at radius 1 is 1.00 bits per heavy atom. The Bertz CT molecular complexity index is 849. The van der Waals surface area contributed by atoms with Crippen LogP contribution in [0.4, 0.5) is 4.79 Å². The molecule has 0 saturated carbocycles. The van der Waals surface area contributed by atoms with Gasteiger partial charge in [0, 0.05) is 17.6 Å². The van der Waals surface area contributed by atoms with Gasteiger partial charge in [-0.15, -0.1) is 0 Å². The molecule has 148 valence electrons. The lowest BCUT2D eigenvalue weighted by molar-refractivity contribution is -0.144. The highest BCUT2D eigenvalue weighted by Crippen LogP contribution is 2.30. The first-order valence-electron chi connectivity index (χ1n) is 8.42. The van der Waals surface area contributed by atoms with Crippen molar-refractivity contribution in [2.75, 3.05) is 0 Å². The SMILES string of the molecule is CC(C)(/C=C/C(C)(C)c1ccc(OC(=O)SN2C(=O)C=CC2=O)cc1)C(=O)O. The van der Waals surface area contributed by atoms with Gasteiger partial charge < -0.3 is 9.84 Å². The van der Waals surface area contributed by atoms with E-state index in [0.717, 1.165) is 22.0 Å². The fraction of sp³-hybridized carbons (Fsp3) is 0.300. The molecular formula is C20H21NO6S. The van der Waals surface area contributed by atoms with Crippen molar-refractivity contribution in [2.24, 2.45) is 5.41 Å². The first-order chi connectivity index (χ1) is 12.9. The number of imide groups is 1. The number of nitrogens with zero attached hydrogens (tertiary/aromatic N) is 1. The predicted octanol–water partition coefficient (Wildman–Crippen LogP) is 3.70. The number of carbonyl (C=O) groups is 4. The number of aliphatic carboxylic acids is 1. The fourth-order valence-electron chi connectivity index (χ4n) is 2.20. The van der Waals surface area contributed by atoms with Gasteiger partial charge in [0.2, 0.25) is 0 Å². The van der Waals surface area contributed by atoms with Crippen LogP contribution in [0, 0.1) is 5.41 Å².